The summed E-state index contributed by atoms with van der Waals surface area (Å²) in [6, 6.07) is 7.48. The average molecular weight is 316 g/mol. The highest BCUT2D eigenvalue weighted by molar-refractivity contribution is 7.91. The molecule has 1 atom stereocenters. The molecule has 0 aliphatic carbocycles. The van der Waals surface area contributed by atoms with Gasteiger partial charge in [0, 0.05) is 11.6 Å². The molecular formula is C14H18ClNO3S. The molecule has 1 aromatic carbocycles. The van der Waals surface area contributed by atoms with Gasteiger partial charge in [0.25, 0.3) is 0 Å². The maximum absolute atomic E-state index is 11.9. The number of carbonyl (C=O) groups excluding carboxylic acids is 1. The second-order valence-electron chi connectivity index (χ2n) is 5.12. The second kappa shape index (κ2) is 6.59. The number of nitrogens with one attached hydrogen (secondary N) is 1. The second-order valence-corrected chi connectivity index (χ2v) is 7.79. The minimum Gasteiger partial charge on any atom is -0.356 e. The third-order valence-electron chi connectivity index (χ3n) is 3.44. The van der Waals surface area contributed by atoms with Crippen molar-refractivity contribution in [1.82, 2.24) is 5.32 Å². The Hall–Kier alpha value is -1.07. The van der Waals surface area contributed by atoms with E-state index in [9.17, 15) is 13.2 Å². The van der Waals surface area contributed by atoms with Gasteiger partial charge in [0.2, 0.25) is 5.91 Å². The first-order valence-corrected chi connectivity index (χ1v) is 8.89. The van der Waals surface area contributed by atoms with Crippen LogP contribution in [0.2, 0.25) is 5.02 Å². The molecule has 1 aliphatic rings. The molecule has 1 N–H and O–H groups in total. The van der Waals surface area contributed by atoms with E-state index in [0.29, 0.717) is 30.8 Å². The van der Waals surface area contributed by atoms with Gasteiger partial charge in [-0.25, -0.2) is 8.42 Å². The summed E-state index contributed by atoms with van der Waals surface area (Å²) in [6.45, 7) is 0.496. The Labute approximate surface area is 124 Å². The van der Waals surface area contributed by atoms with E-state index in [-0.39, 0.29) is 17.4 Å². The Balaban J connectivity index is 1.80. The fourth-order valence-corrected chi connectivity index (χ4v) is 4.31. The Bertz CT molecular complexity index is 586. The van der Waals surface area contributed by atoms with Crippen LogP contribution in [-0.4, -0.2) is 32.4 Å². The quantitative estimate of drug-likeness (QED) is 0.922. The van der Waals surface area contributed by atoms with Gasteiger partial charge in [0.15, 0.2) is 9.84 Å². The molecule has 1 amide bonds. The van der Waals surface area contributed by atoms with Gasteiger partial charge >= 0.3 is 0 Å². The van der Waals surface area contributed by atoms with Gasteiger partial charge in [-0.3, -0.25) is 4.79 Å². The lowest BCUT2D eigenvalue weighted by atomic mass is 10.0. The minimum absolute atomic E-state index is 0.0179. The van der Waals surface area contributed by atoms with E-state index in [2.05, 4.69) is 5.32 Å². The topological polar surface area (TPSA) is 63.2 Å². The number of rotatable bonds is 4. The highest BCUT2D eigenvalue weighted by Gasteiger charge is 2.29. The smallest absolute Gasteiger partial charge is 0.224 e. The summed E-state index contributed by atoms with van der Waals surface area (Å²) >= 11 is 5.89. The highest BCUT2D eigenvalue weighted by atomic mass is 35.5. The lowest BCUT2D eigenvalue weighted by Gasteiger charge is -2.21. The van der Waals surface area contributed by atoms with Crippen LogP contribution in [0.1, 0.15) is 18.4 Å². The van der Waals surface area contributed by atoms with Crippen LogP contribution in [0.3, 0.4) is 0 Å². The van der Waals surface area contributed by atoms with Crippen molar-refractivity contribution < 1.29 is 13.2 Å². The number of halogens is 1. The van der Waals surface area contributed by atoms with Crippen LogP contribution < -0.4 is 5.32 Å². The van der Waals surface area contributed by atoms with Crippen molar-refractivity contribution in [3.05, 3.63) is 34.9 Å². The molecule has 0 bridgehead atoms. The number of sulfone groups is 1. The van der Waals surface area contributed by atoms with Crippen LogP contribution in [0.15, 0.2) is 24.3 Å². The Morgan fingerprint density at radius 2 is 2.20 bits per heavy atom. The van der Waals surface area contributed by atoms with Crippen LogP contribution >= 0.6 is 11.6 Å². The fourth-order valence-electron chi connectivity index (χ4n) is 2.40. The van der Waals surface area contributed by atoms with Crippen molar-refractivity contribution in [3.63, 3.8) is 0 Å². The molecule has 1 aliphatic heterocycles. The summed E-state index contributed by atoms with van der Waals surface area (Å²) in [7, 11) is -3.04. The van der Waals surface area contributed by atoms with Crippen LogP contribution in [0, 0.1) is 5.92 Å². The van der Waals surface area contributed by atoms with Gasteiger partial charge in [-0.2, -0.15) is 0 Å². The first-order valence-electron chi connectivity index (χ1n) is 6.69. The predicted octanol–water partition coefficient (Wildman–Crippen LogP) is 1.82. The van der Waals surface area contributed by atoms with E-state index in [4.69, 9.17) is 11.6 Å². The molecule has 0 radical (unpaired) electrons. The highest BCUT2D eigenvalue weighted by Crippen LogP contribution is 2.18. The van der Waals surface area contributed by atoms with Crippen molar-refractivity contribution >= 4 is 27.3 Å². The van der Waals surface area contributed by atoms with E-state index in [0.717, 1.165) is 5.56 Å². The zero-order chi connectivity index (χ0) is 14.6. The maximum Gasteiger partial charge on any atom is 0.224 e. The molecule has 6 heteroatoms. The van der Waals surface area contributed by atoms with E-state index in [1.54, 1.807) is 6.07 Å². The van der Waals surface area contributed by atoms with E-state index < -0.39 is 15.8 Å². The molecule has 1 fully saturated rings. The number of benzene rings is 1. The Morgan fingerprint density at radius 3 is 2.90 bits per heavy atom. The first kappa shape index (κ1) is 15.3. The molecule has 0 spiro atoms. The normalized spacial score (nSPS) is 21.4. The summed E-state index contributed by atoms with van der Waals surface area (Å²) in [6.07, 6.45) is 1.92. The average Bonchev–Trinajstić information content (AvgIpc) is 2.37. The molecule has 1 aromatic rings. The summed E-state index contributed by atoms with van der Waals surface area (Å²) in [5, 5.41) is 3.48. The van der Waals surface area contributed by atoms with Crippen LogP contribution in [0.4, 0.5) is 0 Å². The largest absolute Gasteiger partial charge is 0.356 e. The monoisotopic (exact) mass is 315 g/mol. The summed E-state index contributed by atoms with van der Waals surface area (Å²) < 4.78 is 23.0. The van der Waals surface area contributed by atoms with Crippen LogP contribution in [0.5, 0.6) is 0 Å². The molecule has 1 heterocycles. The Kier molecular flexibility index (Phi) is 5.05. The SMILES string of the molecule is O=C(NCCc1cccc(Cl)c1)C1CCCS(=O)(=O)C1. The van der Waals surface area contributed by atoms with Crippen molar-refractivity contribution in [3.8, 4) is 0 Å². The summed E-state index contributed by atoms with van der Waals surface area (Å²) in [5.74, 6) is -0.363. The molecular weight excluding hydrogens is 298 g/mol. The molecule has 4 nitrogen and oxygen atoms in total. The summed E-state index contributed by atoms with van der Waals surface area (Å²) in [5.41, 5.74) is 1.05. The van der Waals surface area contributed by atoms with E-state index in [1.807, 2.05) is 18.2 Å². The van der Waals surface area contributed by atoms with Crippen molar-refractivity contribution in [2.75, 3.05) is 18.1 Å². The fraction of sp³-hybridized carbons (Fsp3) is 0.500. The lowest BCUT2D eigenvalue weighted by Crippen LogP contribution is -2.38. The van der Waals surface area contributed by atoms with Gasteiger partial charge in [-0.05, 0) is 37.0 Å². The molecule has 2 rings (SSSR count). The van der Waals surface area contributed by atoms with E-state index in [1.165, 1.54) is 0 Å². The van der Waals surface area contributed by atoms with Crippen molar-refractivity contribution in [2.24, 2.45) is 5.92 Å². The number of hydrogen-bond acceptors (Lipinski definition) is 3. The zero-order valence-electron chi connectivity index (χ0n) is 11.1. The van der Waals surface area contributed by atoms with Gasteiger partial charge in [0.1, 0.15) is 0 Å². The first-order chi connectivity index (χ1) is 9.46. The third-order valence-corrected chi connectivity index (χ3v) is 5.49. The van der Waals surface area contributed by atoms with Crippen molar-refractivity contribution in [2.45, 2.75) is 19.3 Å². The maximum atomic E-state index is 11.9. The van der Waals surface area contributed by atoms with Gasteiger partial charge < -0.3 is 5.32 Å². The standard InChI is InChI=1S/C14H18ClNO3S/c15-13-5-1-3-11(9-13)6-7-16-14(17)12-4-2-8-20(18,19)10-12/h1,3,5,9,12H,2,4,6-8,10H2,(H,16,17). The predicted molar refractivity (Wildman–Crippen MR) is 79.5 cm³/mol. The third kappa shape index (κ3) is 4.49. The molecule has 20 heavy (non-hydrogen) atoms. The Morgan fingerprint density at radius 1 is 1.40 bits per heavy atom. The van der Waals surface area contributed by atoms with E-state index >= 15 is 0 Å². The van der Waals surface area contributed by atoms with Crippen molar-refractivity contribution in [1.29, 1.82) is 0 Å². The molecule has 1 saturated heterocycles. The molecule has 0 aromatic heterocycles. The summed E-state index contributed by atoms with van der Waals surface area (Å²) in [4.78, 5) is 11.9. The minimum atomic E-state index is -3.04. The molecule has 110 valence electrons. The van der Waals surface area contributed by atoms with Gasteiger partial charge in [-0.1, -0.05) is 23.7 Å². The lowest BCUT2D eigenvalue weighted by molar-refractivity contribution is -0.124. The number of amides is 1. The zero-order valence-corrected chi connectivity index (χ0v) is 12.7. The van der Waals surface area contributed by atoms with Gasteiger partial charge in [-0.15, -0.1) is 0 Å². The number of carbonyl (C=O) groups is 1. The van der Waals surface area contributed by atoms with Crippen LogP contribution in [0.25, 0.3) is 0 Å². The van der Waals surface area contributed by atoms with Gasteiger partial charge in [0.05, 0.1) is 17.4 Å². The number of hydrogen-bond donors (Lipinski definition) is 1. The van der Waals surface area contributed by atoms with Crippen LogP contribution in [-0.2, 0) is 21.1 Å². The molecule has 0 saturated carbocycles. The molecule has 1 unspecified atom stereocenters.